The molecule has 0 atom stereocenters. The fraction of sp³-hybridized carbons (Fsp3) is 0.350. The maximum Gasteiger partial charge on any atom is 0.341 e. The van der Waals surface area contributed by atoms with Crippen LogP contribution in [0.25, 0.3) is 0 Å². The Labute approximate surface area is 168 Å². The molecule has 0 aliphatic heterocycles. The Hall–Kier alpha value is -2.87. The molecule has 2 N–H and O–H groups in total. The number of esters is 1. The number of rotatable bonds is 9. The van der Waals surface area contributed by atoms with Gasteiger partial charge in [0.05, 0.1) is 17.0 Å². The summed E-state index contributed by atoms with van der Waals surface area (Å²) >= 11 is 1.05. The van der Waals surface area contributed by atoms with Gasteiger partial charge in [-0.2, -0.15) is 0 Å². The molecule has 1 heterocycles. The van der Waals surface area contributed by atoms with E-state index < -0.39 is 11.9 Å². The third kappa shape index (κ3) is 5.56. The Morgan fingerprint density at radius 1 is 1.11 bits per heavy atom. The predicted octanol–water partition coefficient (Wildman–Crippen LogP) is 3.39. The lowest BCUT2D eigenvalue weighted by molar-refractivity contribution is -0.118. The normalized spacial score (nSPS) is 10.2. The van der Waals surface area contributed by atoms with Gasteiger partial charge in [0, 0.05) is 6.54 Å². The third-order valence-corrected chi connectivity index (χ3v) is 4.94. The monoisotopic (exact) mass is 404 g/mol. The lowest BCUT2D eigenvalue weighted by Crippen LogP contribution is -2.23. The molecule has 0 aliphatic carbocycles. The Bertz CT molecular complexity index is 833. The van der Waals surface area contributed by atoms with Crippen LogP contribution < -0.4 is 15.4 Å². The molecule has 0 radical (unpaired) electrons. The largest absolute Gasteiger partial charge is 0.484 e. The zero-order chi connectivity index (χ0) is 20.5. The van der Waals surface area contributed by atoms with Crippen LogP contribution >= 0.6 is 11.3 Å². The van der Waals surface area contributed by atoms with Gasteiger partial charge in [-0.25, -0.2) is 4.79 Å². The second-order valence-corrected chi connectivity index (χ2v) is 6.91. The number of ether oxygens (including phenoxy) is 2. The van der Waals surface area contributed by atoms with Crippen LogP contribution in [0.2, 0.25) is 0 Å². The van der Waals surface area contributed by atoms with Gasteiger partial charge in [0.25, 0.3) is 11.8 Å². The molecule has 7 nitrogen and oxygen atoms in total. The van der Waals surface area contributed by atoms with Gasteiger partial charge in [0.1, 0.15) is 10.8 Å². The van der Waals surface area contributed by atoms with Crippen molar-refractivity contribution < 1.29 is 23.9 Å². The average Bonchev–Trinajstić information content (AvgIpc) is 3.01. The van der Waals surface area contributed by atoms with E-state index in [9.17, 15) is 14.4 Å². The zero-order valence-corrected chi connectivity index (χ0v) is 17.0. The van der Waals surface area contributed by atoms with Crippen molar-refractivity contribution >= 4 is 34.1 Å². The Kier molecular flexibility index (Phi) is 8.01. The summed E-state index contributed by atoms with van der Waals surface area (Å²) in [5.74, 6) is -0.734. The van der Waals surface area contributed by atoms with Crippen molar-refractivity contribution in [3.63, 3.8) is 0 Å². The maximum absolute atomic E-state index is 12.4. The van der Waals surface area contributed by atoms with Crippen LogP contribution in [0, 0.1) is 6.92 Å². The summed E-state index contributed by atoms with van der Waals surface area (Å²) in [6, 6.07) is 8.93. The molecule has 2 rings (SSSR count). The first-order valence-corrected chi connectivity index (χ1v) is 9.85. The number of nitrogens with one attached hydrogen (secondary N) is 2. The Morgan fingerprint density at radius 3 is 2.46 bits per heavy atom. The molecule has 0 unspecified atom stereocenters. The lowest BCUT2D eigenvalue weighted by atomic mass is 10.1. The van der Waals surface area contributed by atoms with Crippen molar-refractivity contribution in [1.29, 1.82) is 0 Å². The van der Waals surface area contributed by atoms with Gasteiger partial charge in [-0.3, -0.25) is 9.59 Å². The summed E-state index contributed by atoms with van der Waals surface area (Å²) in [6.07, 6.45) is 0.793. The quantitative estimate of drug-likeness (QED) is 0.625. The molecule has 8 heteroatoms. The van der Waals surface area contributed by atoms with Crippen molar-refractivity contribution in [2.24, 2.45) is 0 Å². The number of hydrogen-bond donors (Lipinski definition) is 2. The highest BCUT2D eigenvalue weighted by atomic mass is 32.1. The number of carbonyl (C=O) groups excluding carboxylic acids is 3. The minimum absolute atomic E-state index is 0.190. The Morgan fingerprint density at radius 2 is 1.82 bits per heavy atom. The molecule has 28 heavy (non-hydrogen) atoms. The van der Waals surface area contributed by atoms with Crippen molar-refractivity contribution in [3.8, 4) is 5.75 Å². The third-order valence-electron chi connectivity index (χ3n) is 3.73. The first-order chi connectivity index (χ1) is 13.5. The summed E-state index contributed by atoms with van der Waals surface area (Å²) in [7, 11) is 0. The smallest absolute Gasteiger partial charge is 0.341 e. The highest BCUT2D eigenvalue weighted by molar-refractivity contribution is 7.18. The number of benzene rings is 1. The average molecular weight is 404 g/mol. The highest BCUT2D eigenvalue weighted by Crippen LogP contribution is 2.33. The number of amides is 2. The fourth-order valence-electron chi connectivity index (χ4n) is 2.41. The molecule has 0 spiro atoms. The van der Waals surface area contributed by atoms with E-state index >= 15 is 0 Å². The molecule has 150 valence electrons. The van der Waals surface area contributed by atoms with Gasteiger partial charge >= 0.3 is 5.97 Å². The van der Waals surface area contributed by atoms with E-state index in [1.807, 2.05) is 13.0 Å². The first-order valence-electron chi connectivity index (χ1n) is 9.04. The maximum atomic E-state index is 12.4. The van der Waals surface area contributed by atoms with E-state index in [4.69, 9.17) is 9.47 Å². The van der Waals surface area contributed by atoms with Crippen molar-refractivity contribution in [3.05, 3.63) is 46.3 Å². The summed E-state index contributed by atoms with van der Waals surface area (Å²) in [4.78, 5) is 37.4. The summed E-state index contributed by atoms with van der Waals surface area (Å²) in [5, 5.41) is 5.73. The highest BCUT2D eigenvalue weighted by Gasteiger charge is 2.26. The SMILES string of the molecule is CCCNC(=O)c1sc(NC(=O)COc2ccccc2)c(C(=O)OCC)c1C. The van der Waals surface area contributed by atoms with Crippen LogP contribution in [0.3, 0.4) is 0 Å². The van der Waals surface area contributed by atoms with Crippen LogP contribution in [-0.4, -0.2) is 37.5 Å². The molecule has 0 aliphatic rings. The number of hydrogen-bond acceptors (Lipinski definition) is 6. The van der Waals surface area contributed by atoms with E-state index in [1.54, 1.807) is 38.1 Å². The predicted molar refractivity (Wildman–Crippen MR) is 108 cm³/mol. The molecular formula is C20H24N2O5S. The van der Waals surface area contributed by atoms with Gasteiger partial charge < -0.3 is 20.1 Å². The molecule has 2 aromatic rings. The molecule has 0 saturated heterocycles. The Balaban J connectivity index is 2.19. The van der Waals surface area contributed by atoms with Gasteiger partial charge in [0.15, 0.2) is 6.61 Å². The van der Waals surface area contributed by atoms with Gasteiger partial charge in [0.2, 0.25) is 0 Å². The molecule has 0 fully saturated rings. The molecular weight excluding hydrogens is 380 g/mol. The second kappa shape index (κ2) is 10.5. The molecule has 0 saturated carbocycles. The van der Waals surface area contributed by atoms with E-state index in [-0.39, 0.29) is 29.7 Å². The van der Waals surface area contributed by atoms with Crippen LogP contribution in [0.5, 0.6) is 5.75 Å². The van der Waals surface area contributed by atoms with Gasteiger partial charge in [-0.1, -0.05) is 25.1 Å². The van der Waals surface area contributed by atoms with Crippen LogP contribution in [-0.2, 0) is 9.53 Å². The number of carbonyl (C=O) groups is 3. The van der Waals surface area contributed by atoms with Gasteiger partial charge in [-0.15, -0.1) is 11.3 Å². The van der Waals surface area contributed by atoms with Crippen LogP contribution in [0.4, 0.5) is 5.00 Å². The van der Waals surface area contributed by atoms with Crippen molar-refractivity contribution in [2.75, 3.05) is 25.1 Å². The van der Waals surface area contributed by atoms with Crippen molar-refractivity contribution in [1.82, 2.24) is 5.32 Å². The summed E-state index contributed by atoms with van der Waals surface area (Å²) in [5.41, 5.74) is 0.679. The minimum Gasteiger partial charge on any atom is -0.484 e. The molecule has 1 aromatic heterocycles. The summed E-state index contributed by atoms with van der Waals surface area (Å²) < 4.78 is 10.5. The molecule has 1 aromatic carbocycles. The van der Waals surface area contributed by atoms with E-state index in [1.165, 1.54) is 0 Å². The van der Waals surface area contributed by atoms with E-state index in [2.05, 4.69) is 10.6 Å². The first kappa shape index (κ1) is 21.4. The topological polar surface area (TPSA) is 93.7 Å². The zero-order valence-electron chi connectivity index (χ0n) is 16.2. The fourth-order valence-corrected chi connectivity index (χ4v) is 3.54. The number of thiophene rings is 1. The minimum atomic E-state index is -0.579. The number of anilines is 1. The van der Waals surface area contributed by atoms with E-state index in [0.717, 1.165) is 17.8 Å². The van der Waals surface area contributed by atoms with Crippen LogP contribution in [0.1, 0.15) is 45.9 Å². The lowest BCUT2D eigenvalue weighted by Gasteiger charge is -2.08. The second-order valence-electron chi connectivity index (χ2n) is 5.89. The van der Waals surface area contributed by atoms with Crippen LogP contribution in [0.15, 0.2) is 30.3 Å². The number of para-hydroxylation sites is 1. The standard InChI is InChI=1S/C20H24N2O5S/c1-4-11-21-18(24)17-13(3)16(20(25)26-5-2)19(28-17)22-15(23)12-27-14-9-7-6-8-10-14/h6-10H,4-5,11-12H2,1-3H3,(H,21,24)(H,22,23). The molecule has 0 bridgehead atoms. The van der Waals surface area contributed by atoms with Crippen molar-refractivity contribution in [2.45, 2.75) is 27.2 Å². The summed E-state index contributed by atoms with van der Waals surface area (Å²) in [6.45, 7) is 5.80. The van der Waals surface area contributed by atoms with Gasteiger partial charge in [-0.05, 0) is 38.0 Å². The van der Waals surface area contributed by atoms with E-state index in [0.29, 0.717) is 22.7 Å². The molecule has 2 amide bonds.